The molecule has 30 heavy (non-hydrogen) atoms. The number of sulfonamides is 1. The first-order valence-electron chi connectivity index (χ1n) is 9.90. The molecule has 7 nitrogen and oxygen atoms in total. The van der Waals surface area contributed by atoms with Gasteiger partial charge in [0.1, 0.15) is 5.75 Å². The van der Waals surface area contributed by atoms with Crippen molar-refractivity contribution >= 4 is 33.2 Å². The van der Waals surface area contributed by atoms with Gasteiger partial charge in [0, 0.05) is 49.9 Å². The summed E-state index contributed by atoms with van der Waals surface area (Å²) in [6.45, 7) is 5.05. The van der Waals surface area contributed by atoms with Gasteiger partial charge in [0.05, 0.1) is 11.5 Å². The summed E-state index contributed by atoms with van der Waals surface area (Å²) in [6, 6.07) is 13.9. The maximum Gasteiger partial charge on any atom is 0.240 e. The van der Waals surface area contributed by atoms with E-state index < -0.39 is 10.0 Å². The SMILES string of the molecule is CCOc1ccc(S(=O)(=O)NCCC(=O)N2CCN(c3cccc(Cl)c3)CC2)cc1. The van der Waals surface area contributed by atoms with E-state index in [0.29, 0.717) is 43.6 Å². The van der Waals surface area contributed by atoms with Crippen molar-refractivity contribution in [1.29, 1.82) is 0 Å². The molecule has 0 unspecified atom stereocenters. The average molecular weight is 452 g/mol. The van der Waals surface area contributed by atoms with E-state index in [1.165, 1.54) is 12.1 Å². The Kier molecular flexibility index (Phi) is 7.58. The molecular formula is C21H26ClN3O4S. The number of nitrogens with one attached hydrogen (secondary N) is 1. The maximum atomic E-state index is 12.5. The summed E-state index contributed by atoms with van der Waals surface area (Å²) < 4.78 is 32.6. The lowest BCUT2D eigenvalue weighted by atomic mass is 10.2. The Morgan fingerprint density at radius 2 is 1.80 bits per heavy atom. The predicted molar refractivity (Wildman–Crippen MR) is 118 cm³/mol. The molecule has 0 bridgehead atoms. The lowest BCUT2D eigenvalue weighted by molar-refractivity contribution is -0.131. The first-order chi connectivity index (χ1) is 14.4. The van der Waals surface area contributed by atoms with Crippen molar-refractivity contribution in [1.82, 2.24) is 9.62 Å². The third kappa shape index (κ3) is 5.87. The normalized spacial score (nSPS) is 14.6. The molecule has 0 aromatic heterocycles. The number of hydrogen-bond acceptors (Lipinski definition) is 5. The van der Waals surface area contributed by atoms with E-state index in [9.17, 15) is 13.2 Å². The van der Waals surface area contributed by atoms with Crippen LogP contribution in [0.5, 0.6) is 5.75 Å². The Morgan fingerprint density at radius 1 is 1.10 bits per heavy atom. The zero-order valence-corrected chi connectivity index (χ0v) is 18.5. The summed E-state index contributed by atoms with van der Waals surface area (Å²) in [6.07, 6.45) is 0.118. The molecule has 2 aromatic rings. The van der Waals surface area contributed by atoms with E-state index in [4.69, 9.17) is 16.3 Å². The van der Waals surface area contributed by atoms with Crippen molar-refractivity contribution in [2.24, 2.45) is 0 Å². The second-order valence-corrected chi connectivity index (χ2v) is 9.10. The maximum absolute atomic E-state index is 12.5. The molecule has 1 fully saturated rings. The Labute approximate surface area is 182 Å². The third-order valence-corrected chi connectivity index (χ3v) is 6.59. The summed E-state index contributed by atoms with van der Waals surface area (Å²) in [5, 5.41) is 0.686. The van der Waals surface area contributed by atoms with E-state index >= 15 is 0 Å². The van der Waals surface area contributed by atoms with Crippen molar-refractivity contribution in [3.05, 3.63) is 53.6 Å². The highest BCUT2D eigenvalue weighted by Gasteiger charge is 2.22. The van der Waals surface area contributed by atoms with Crippen molar-refractivity contribution < 1.29 is 17.9 Å². The van der Waals surface area contributed by atoms with Gasteiger partial charge in [-0.2, -0.15) is 0 Å². The lowest BCUT2D eigenvalue weighted by Crippen LogP contribution is -2.49. The number of benzene rings is 2. The minimum absolute atomic E-state index is 0.0584. The first-order valence-corrected chi connectivity index (χ1v) is 11.8. The quantitative estimate of drug-likeness (QED) is 0.667. The summed E-state index contributed by atoms with van der Waals surface area (Å²) in [5.41, 5.74) is 1.04. The van der Waals surface area contributed by atoms with Crippen molar-refractivity contribution in [3.8, 4) is 5.75 Å². The molecule has 1 saturated heterocycles. The number of piperazine rings is 1. The van der Waals surface area contributed by atoms with E-state index in [0.717, 1.165) is 5.69 Å². The molecule has 1 heterocycles. The lowest BCUT2D eigenvalue weighted by Gasteiger charge is -2.36. The molecule has 0 atom stereocenters. The van der Waals surface area contributed by atoms with Gasteiger partial charge in [0.25, 0.3) is 0 Å². The van der Waals surface area contributed by atoms with E-state index in [1.54, 1.807) is 17.0 Å². The van der Waals surface area contributed by atoms with Gasteiger partial charge in [-0.1, -0.05) is 17.7 Å². The molecule has 3 rings (SSSR count). The zero-order valence-electron chi connectivity index (χ0n) is 16.9. The number of carbonyl (C=O) groups is 1. The minimum atomic E-state index is -3.66. The van der Waals surface area contributed by atoms with E-state index in [2.05, 4.69) is 9.62 Å². The van der Waals surface area contributed by atoms with Crippen LogP contribution in [0, 0.1) is 0 Å². The third-order valence-electron chi connectivity index (χ3n) is 4.88. The summed E-state index contributed by atoms with van der Waals surface area (Å²) in [5.74, 6) is 0.554. The van der Waals surface area contributed by atoms with Crippen LogP contribution in [0.1, 0.15) is 13.3 Å². The van der Waals surface area contributed by atoms with Crippen LogP contribution in [0.15, 0.2) is 53.4 Å². The molecule has 0 spiro atoms. The molecule has 2 aromatic carbocycles. The van der Waals surface area contributed by atoms with Gasteiger partial charge in [0.2, 0.25) is 15.9 Å². The fourth-order valence-electron chi connectivity index (χ4n) is 3.30. The number of hydrogen-bond donors (Lipinski definition) is 1. The van der Waals surface area contributed by atoms with Gasteiger partial charge in [-0.05, 0) is 49.4 Å². The van der Waals surface area contributed by atoms with Crippen LogP contribution in [-0.2, 0) is 14.8 Å². The second-order valence-electron chi connectivity index (χ2n) is 6.90. The van der Waals surface area contributed by atoms with Crippen molar-refractivity contribution in [2.45, 2.75) is 18.2 Å². The molecule has 9 heteroatoms. The number of amides is 1. The molecule has 1 N–H and O–H groups in total. The molecule has 162 valence electrons. The number of carbonyl (C=O) groups excluding carboxylic acids is 1. The van der Waals surface area contributed by atoms with Crippen LogP contribution in [0.25, 0.3) is 0 Å². The fraction of sp³-hybridized carbons (Fsp3) is 0.381. The van der Waals surface area contributed by atoms with Crippen LogP contribution >= 0.6 is 11.6 Å². The summed E-state index contributed by atoms with van der Waals surface area (Å²) >= 11 is 6.05. The molecular weight excluding hydrogens is 426 g/mol. The minimum Gasteiger partial charge on any atom is -0.494 e. The van der Waals surface area contributed by atoms with Crippen LogP contribution in [0.3, 0.4) is 0 Å². The first kappa shape index (κ1) is 22.4. The van der Waals surface area contributed by atoms with E-state index in [1.807, 2.05) is 31.2 Å². The Hall–Kier alpha value is -2.29. The smallest absolute Gasteiger partial charge is 0.240 e. The van der Waals surface area contributed by atoms with Crippen molar-refractivity contribution in [3.63, 3.8) is 0 Å². The second kappa shape index (κ2) is 10.1. The van der Waals surface area contributed by atoms with E-state index in [-0.39, 0.29) is 23.8 Å². The Morgan fingerprint density at radius 3 is 2.43 bits per heavy atom. The van der Waals surface area contributed by atoms with Crippen molar-refractivity contribution in [2.75, 3.05) is 44.2 Å². The fourth-order valence-corrected chi connectivity index (χ4v) is 4.52. The van der Waals surface area contributed by atoms with Crippen LogP contribution in [0.4, 0.5) is 5.69 Å². The highest BCUT2D eigenvalue weighted by molar-refractivity contribution is 7.89. The van der Waals surface area contributed by atoms with Gasteiger partial charge in [-0.15, -0.1) is 0 Å². The summed E-state index contributed by atoms with van der Waals surface area (Å²) in [7, 11) is -3.66. The largest absolute Gasteiger partial charge is 0.494 e. The molecule has 0 saturated carbocycles. The molecule has 0 aliphatic carbocycles. The predicted octanol–water partition coefficient (Wildman–Crippen LogP) is 2.76. The van der Waals surface area contributed by atoms with Gasteiger partial charge in [0.15, 0.2) is 0 Å². The van der Waals surface area contributed by atoms with Gasteiger partial charge >= 0.3 is 0 Å². The van der Waals surface area contributed by atoms with Gasteiger partial charge in [-0.25, -0.2) is 13.1 Å². The average Bonchev–Trinajstić information content (AvgIpc) is 2.74. The number of nitrogens with zero attached hydrogens (tertiary/aromatic N) is 2. The number of ether oxygens (including phenoxy) is 1. The highest BCUT2D eigenvalue weighted by Crippen LogP contribution is 2.21. The summed E-state index contributed by atoms with van der Waals surface area (Å²) in [4.78, 5) is 16.6. The van der Waals surface area contributed by atoms with Crippen LogP contribution in [0.2, 0.25) is 5.02 Å². The molecule has 1 amide bonds. The number of rotatable bonds is 8. The molecule has 0 radical (unpaired) electrons. The van der Waals surface area contributed by atoms with Gasteiger partial charge < -0.3 is 14.5 Å². The van der Waals surface area contributed by atoms with Crippen LogP contribution in [-0.4, -0.2) is 58.6 Å². The van der Waals surface area contributed by atoms with Crippen LogP contribution < -0.4 is 14.4 Å². The molecule has 1 aliphatic rings. The number of anilines is 1. The molecule has 1 aliphatic heterocycles. The monoisotopic (exact) mass is 451 g/mol. The Balaban J connectivity index is 1.45. The Bertz CT molecular complexity index is 958. The zero-order chi connectivity index (χ0) is 21.6. The standard InChI is InChI=1S/C21H26ClN3O4S/c1-2-29-19-6-8-20(9-7-19)30(27,28)23-11-10-21(26)25-14-12-24(13-15-25)18-5-3-4-17(22)16-18/h3-9,16,23H,2,10-15H2,1H3. The highest BCUT2D eigenvalue weighted by atomic mass is 35.5. The topological polar surface area (TPSA) is 78.9 Å². The number of halogens is 1. The van der Waals surface area contributed by atoms with Gasteiger partial charge in [-0.3, -0.25) is 4.79 Å².